The van der Waals surface area contributed by atoms with Crippen LogP contribution in [0.2, 0.25) is 0 Å². The molecular weight excluding hydrogens is 915 g/mol. The first-order valence-corrected chi connectivity index (χ1v) is 25.3. The summed E-state index contributed by atoms with van der Waals surface area (Å²) in [7, 11) is 0. The van der Waals surface area contributed by atoms with Crippen molar-refractivity contribution in [1.29, 1.82) is 0 Å². The Labute approximate surface area is 431 Å². The topological polar surface area (TPSA) is 61.7 Å². The number of rotatable bonds is 8. The van der Waals surface area contributed by atoms with Gasteiger partial charge in [0.15, 0.2) is 28.6 Å². The molecule has 4 heterocycles. The molecule has 0 N–H and O–H groups in total. The number of hydrogen-bond donors (Lipinski definition) is 0. The van der Waals surface area contributed by atoms with Gasteiger partial charge in [0.2, 0.25) is 0 Å². The van der Waals surface area contributed by atoms with Crippen molar-refractivity contribution in [2.45, 2.75) is 0 Å². The van der Waals surface area contributed by atoms with Crippen molar-refractivity contribution in [3.8, 4) is 78.9 Å². The summed E-state index contributed by atoms with van der Waals surface area (Å²) in [6.07, 6.45) is 0. The van der Waals surface area contributed by atoms with E-state index in [0.29, 0.717) is 17.5 Å². The van der Waals surface area contributed by atoms with Gasteiger partial charge in [-0.1, -0.05) is 206 Å². The fourth-order valence-corrected chi connectivity index (χ4v) is 11.3. The van der Waals surface area contributed by atoms with E-state index in [1.54, 1.807) is 0 Å². The minimum absolute atomic E-state index is 0.575. The van der Waals surface area contributed by atoms with Crippen LogP contribution in [0.15, 0.2) is 265 Å². The van der Waals surface area contributed by atoms with E-state index in [0.717, 1.165) is 110 Å². The van der Waals surface area contributed by atoms with E-state index in [2.05, 4.69) is 258 Å². The Morgan fingerprint density at radius 1 is 0.253 bits per heavy atom. The number of aromatic nitrogens is 5. The Bertz CT molecular complexity index is 4690. The molecule has 0 aliphatic heterocycles. The Kier molecular flexibility index (Phi) is 9.78. The highest BCUT2D eigenvalue weighted by Gasteiger charge is 2.24. The quantitative estimate of drug-likeness (QED) is 0.152. The second kappa shape index (κ2) is 17.3. The maximum atomic E-state index is 7.41. The molecule has 0 saturated carbocycles. The third-order valence-electron chi connectivity index (χ3n) is 14.8. The van der Waals surface area contributed by atoms with Crippen LogP contribution in [0.1, 0.15) is 0 Å². The maximum Gasteiger partial charge on any atom is 0.164 e. The fraction of sp³-hybridized carbons (Fsp3) is 0. The van der Waals surface area contributed by atoms with Gasteiger partial charge in [-0.15, -0.1) is 0 Å². The van der Waals surface area contributed by atoms with E-state index in [1.165, 1.54) is 16.5 Å². The molecule has 0 saturated heterocycles. The average molecular weight is 958 g/mol. The van der Waals surface area contributed by atoms with Crippen LogP contribution in [0, 0.1) is 0 Å². The molecule has 15 rings (SSSR count). The molecule has 0 spiro atoms. The van der Waals surface area contributed by atoms with Gasteiger partial charge in [0.25, 0.3) is 0 Å². The highest BCUT2D eigenvalue weighted by molar-refractivity contribution is 6.26. The van der Waals surface area contributed by atoms with Crippen LogP contribution >= 0.6 is 0 Å². The highest BCUT2D eigenvalue weighted by Crippen LogP contribution is 2.45. The first kappa shape index (κ1) is 42.5. The van der Waals surface area contributed by atoms with Crippen molar-refractivity contribution < 1.29 is 4.42 Å². The summed E-state index contributed by atoms with van der Waals surface area (Å²) in [5.74, 6) is 1.77. The number of benzene rings is 11. The molecule has 0 aliphatic carbocycles. The highest BCUT2D eigenvalue weighted by atomic mass is 16.3. The summed E-state index contributed by atoms with van der Waals surface area (Å²) in [5.41, 5.74) is 17.4. The summed E-state index contributed by atoms with van der Waals surface area (Å²) in [4.78, 5) is 15.9. The van der Waals surface area contributed by atoms with Gasteiger partial charge in [0, 0.05) is 60.4 Å². The van der Waals surface area contributed by atoms with Crippen molar-refractivity contribution >= 4 is 65.6 Å². The zero-order chi connectivity index (χ0) is 49.4. The molecule has 15 aromatic rings. The number of nitrogens with zero attached hydrogens (tertiary/aromatic N) is 5. The van der Waals surface area contributed by atoms with Crippen LogP contribution in [0.25, 0.3) is 144 Å². The van der Waals surface area contributed by atoms with Gasteiger partial charge in [-0.3, -0.25) is 0 Å². The summed E-state index contributed by atoms with van der Waals surface area (Å²) in [6.45, 7) is 0. The zero-order valence-corrected chi connectivity index (χ0v) is 40.5. The lowest BCUT2D eigenvalue weighted by Gasteiger charge is -2.13. The van der Waals surface area contributed by atoms with Crippen LogP contribution in [-0.4, -0.2) is 24.1 Å². The van der Waals surface area contributed by atoms with Crippen LogP contribution in [0.5, 0.6) is 0 Å². The van der Waals surface area contributed by atoms with Crippen molar-refractivity contribution in [2.24, 2.45) is 0 Å². The third-order valence-corrected chi connectivity index (χ3v) is 14.8. The van der Waals surface area contributed by atoms with E-state index < -0.39 is 0 Å². The van der Waals surface area contributed by atoms with Gasteiger partial charge >= 0.3 is 0 Å². The summed E-state index contributed by atoms with van der Waals surface area (Å²) < 4.78 is 12.1. The molecule has 0 atom stereocenters. The van der Waals surface area contributed by atoms with Crippen molar-refractivity contribution in [3.63, 3.8) is 0 Å². The first-order chi connectivity index (χ1) is 37.2. The maximum absolute atomic E-state index is 7.41. The van der Waals surface area contributed by atoms with E-state index in [9.17, 15) is 0 Å². The molecule has 11 aromatic carbocycles. The molecular formula is C69H43N5O. The Balaban J connectivity index is 0.938. The molecule has 0 aliphatic rings. The summed E-state index contributed by atoms with van der Waals surface area (Å²) >= 11 is 0. The van der Waals surface area contributed by atoms with Gasteiger partial charge in [-0.25, -0.2) is 15.0 Å². The molecule has 6 heteroatoms. The number of hydrogen-bond acceptors (Lipinski definition) is 4. The lowest BCUT2D eigenvalue weighted by atomic mass is 9.99. The van der Waals surface area contributed by atoms with Crippen molar-refractivity contribution in [2.75, 3.05) is 0 Å². The fourth-order valence-electron chi connectivity index (χ4n) is 11.3. The van der Waals surface area contributed by atoms with E-state index in [-0.39, 0.29) is 0 Å². The molecule has 350 valence electrons. The van der Waals surface area contributed by atoms with Gasteiger partial charge in [0.05, 0.1) is 22.1 Å². The normalized spacial score (nSPS) is 11.7. The third kappa shape index (κ3) is 6.99. The van der Waals surface area contributed by atoms with E-state index >= 15 is 0 Å². The lowest BCUT2D eigenvalue weighted by molar-refractivity contribution is 0.673. The smallest absolute Gasteiger partial charge is 0.164 e. The lowest BCUT2D eigenvalue weighted by Crippen LogP contribution is -2.02. The number of fused-ring (bicyclic) bond motifs is 11. The van der Waals surface area contributed by atoms with Crippen molar-refractivity contribution in [3.05, 3.63) is 261 Å². The monoisotopic (exact) mass is 957 g/mol. The molecule has 4 aromatic heterocycles. The predicted octanol–water partition coefficient (Wildman–Crippen LogP) is 18.0. The Hall–Kier alpha value is -10.2. The number of furan rings is 1. The molecule has 0 radical (unpaired) electrons. The minimum atomic E-state index is 0.575. The molecule has 0 bridgehead atoms. The second-order valence-corrected chi connectivity index (χ2v) is 19.1. The van der Waals surface area contributed by atoms with Crippen LogP contribution in [-0.2, 0) is 0 Å². The van der Waals surface area contributed by atoms with Gasteiger partial charge in [0.1, 0.15) is 0 Å². The Morgan fingerprint density at radius 3 is 1.29 bits per heavy atom. The van der Waals surface area contributed by atoms with Crippen LogP contribution in [0.3, 0.4) is 0 Å². The minimum Gasteiger partial charge on any atom is -0.452 e. The largest absolute Gasteiger partial charge is 0.452 e. The van der Waals surface area contributed by atoms with Gasteiger partial charge in [-0.2, -0.15) is 0 Å². The molecule has 6 nitrogen and oxygen atoms in total. The SMILES string of the molecule is c1ccc(-c2ccc(-n3c4ccccc4c4ccc5c6ccc7c8ccccc8n(-c8cccc(-c9nc(-c%10cccc(-c%11ccccc%11)c%10)nc(-c%10ccccc%10-c%10ccccc%10)n9)c8)c7c6oc5c43)cc2)cc1. The first-order valence-electron chi connectivity index (χ1n) is 25.3. The molecule has 0 fully saturated rings. The van der Waals surface area contributed by atoms with Gasteiger partial charge < -0.3 is 13.6 Å². The average Bonchev–Trinajstić information content (AvgIpc) is 4.18. The number of para-hydroxylation sites is 2. The van der Waals surface area contributed by atoms with Crippen molar-refractivity contribution in [1.82, 2.24) is 24.1 Å². The predicted molar refractivity (Wildman–Crippen MR) is 308 cm³/mol. The Morgan fingerprint density at radius 2 is 0.680 bits per heavy atom. The van der Waals surface area contributed by atoms with E-state index in [4.69, 9.17) is 19.4 Å². The molecule has 0 amide bonds. The standard InChI is InChI=1S/C69H43N5O/c1-4-18-44(19-5-1)46-34-36-51(37-35-46)73-61-32-14-12-29-54(61)56-38-40-58-59-41-39-57-55-30-13-15-33-62(55)74(64(57)66(59)75-65(58)63(56)73)52-27-17-26-50(43-52)68-70-67(49-25-16-24-48(42-49)45-20-6-2-7-21-45)71-69(72-68)60-31-11-10-28-53(60)47-22-8-3-9-23-47/h1-43H. The zero-order valence-electron chi connectivity index (χ0n) is 40.5. The van der Waals surface area contributed by atoms with Crippen LogP contribution < -0.4 is 0 Å². The van der Waals surface area contributed by atoms with E-state index in [1.807, 2.05) is 12.1 Å². The van der Waals surface area contributed by atoms with Gasteiger partial charge in [-0.05, 0) is 88.0 Å². The summed E-state index contributed by atoms with van der Waals surface area (Å²) in [6, 6.07) is 92.0. The summed E-state index contributed by atoms with van der Waals surface area (Å²) in [5, 5.41) is 6.68. The molecule has 75 heavy (non-hydrogen) atoms. The molecule has 0 unspecified atom stereocenters. The second-order valence-electron chi connectivity index (χ2n) is 19.1. The van der Waals surface area contributed by atoms with Crippen LogP contribution in [0.4, 0.5) is 0 Å².